The Labute approximate surface area is 230 Å². The summed E-state index contributed by atoms with van der Waals surface area (Å²) in [4.78, 5) is 58.5. The average Bonchev–Trinajstić information content (AvgIpc) is 3.62. The monoisotopic (exact) mass is 540 g/mol. The summed E-state index contributed by atoms with van der Waals surface area (Å²) in [6, 6.07) is 15.4. The lowest BCUT2D eigenvalue weighted by molar-refractivity contribution is -0.170. The van der Waals surface area contributed by atoms with Crippen LogP contribution in [0.1, 0.15) is 70.9 Å². The molecular weight excluding hydrogens is 512 g/mol. The highest BCUT2D eigenvalue weighted by Crippen LogP contribution is 2.48. The number of ether oxygens (including phenoxy) is 1. The summed E-state index contributed by atoms with van der Waals surface area (Å²) in [5.41, 5.74) is 1.27. The molecule has 4 heterocycles. The molecule has 40 heavy (non-hydrogen) atoms. The molecule has 1 fully saturated rings. The normalized spacial score (nSPS) is 21.7. The molecule has 3 amide bonds. The number of amides is 3. The van der Waals surface area contributed by atoms with Crippen molar-refractivity contribution in [1.82, 2.24) is 24.6 Å². The van der Waals surface area contributed by atoms with Crippen LogP contribution in [0.15, 0.2) is 67.3 Å². The molecule has 3 atom stereocenters. The lowest BCUT2D eigenvalue weighted by atomic mass is 9.83. The fourth-order valence-corrected chi connectivity index (χ4v) is 5.66. The number of hydroxylamine groups is 2. The number of benzene rings is 2. The van der Waals surface area contributed by atoms with Crippen molar-refractivity contribution in [3.8, 4) is 0 Å². The second-order valence-electron chi connectivity index (χ2n) is 9.96. The van der Waals surface area contributed by atoms with Crippen molar-refractivity contribution in [1.29, 1.82) is 0 Å². The summed E-state index contributed by atoms with van der Waals surface area (Å²) in [6.45, 7) is 6.06. The largest absolute Gasteiger partial charge is 0.348 e. The number of rotatable bonds is 7. The maximum absolute atomic E-state index is 13.1. The lowest BCUT2D eigenvalue weighted by Crippen LogP contribution is -2.41. The number of nitrogens with zero attached hydrogens (tertiary/aromatic N) is 5. The van der Waals surface area contributed by atoms with Gasteiger partial charge < -0.3 is 10.1 Å². The third-order valence-electron chi connectivity index (χ3n) is 8.04. The number of anilines is 1. The summed E-state index contributed by atoms with van der Waals surface area (Å²) in [5.74, 6) is -1.31. The molecule has 1 saturated heterocycles. The third-order valence-corrected chi connectivity index (χ3v) is 8.04. The van der Waals surface area contributed by atoms with Gasteiger partial charge in [0.1, 0.15) is 12.4 Å². The van der Waals surface area contributed by atoms with E-state index in [0.29, 0.717) is 40.7 Å². The Morgan fingerprint density at radius 1 is 0.975 bits per heavy atom. The van der Waals surface area contributed by atoms with Crippen LogP contribution in [-0.4, -0.2) is 54.0 Å². The van der Waals surface area contributed by atoms with Crippen LogP contribution in [0.2, 0.25) is 0 Å². The van der Waals surface area contributed by atoms with E-state index in [1.54, 1.807) is 59.4 Å². The van der Waals surface area contributed by atoms with Gasteiger partial charge in [-0.15, -0.1) is 5.06 Å². The first-order valence-corrected chi connectivity index (χ1v) is 13.2. The van der Waals surface area contributed by atoms with Crippen LogP contribution < -0.4 is 5.32 Å². The second-order valence-corrected chi connectivity index (χ2v) is 9.96. The Morgan fingerprint density at radius 2 is 1.62 bits per heavy atom. The van der Waals surface area contributed by atoms with E-state index in [-0.39, 0.29) is 17.6 Å². The lowest BCUT2D eigenvalue weighted by Gasteiger charge is -2.31. The highest BCUT2D eigenvalue weighted by molar-refractivity contribution is 6.20. The van der Waals surface area contributed by atoms with Gasteiger partial charge in [0.25, 0.3) is 17.7 Å². The van der Waals surface area contributed by atoms with Crippen LogP contribution in [0.3, 0.4) is 0 Å². The molecule has 1 N–H and O–H groups in total. The number of hydrogen-bond donors (Lipinski definition) is 1. The van der Waals surface area contributed by atoms with E-state index in [9.17, 15) is 14.4 Å². The summed E-state index contributed by atoms with van der Waals surface area (Å²) in [7, 11) is 0. The van der Waals surface area contributed by atoms with Crippen molar-refractivity contribution < 1.29 is 24.0 Å². The minimum absolute atomic E-state index is 0.201. The van der Waals surface area contributed by atoms with Gasteiger partial charge in [-0.3, -0.25) is 23.8 Å². The molecule has 2 aliphatic heterocycles. The van der Waals surface area contributed by atoms with Crippen molar-refractivity contribution in [3.63, 3.8) is 0 Å². The summed E-state index contributed by atoms with van der Waals surface area (Å²) >= 11 is 0. The van der Waals surface area contributed by atoms with Gasteiger partial charge in [-0.25, -0.2) is 15.0 Å². The molecule has 204 valence electrons. The maximum atomic E-state index is 13.1. The number of nitrogens with one attached hydrogen (secondary N) is 1. The maximum Gasteiger partial charge on any atom is 0.285 e. The first-order valence-electron chi connectivity index (χ1n) is 13.2. The van der Waals surface area contributed by atoms with E-state index in [1.807, 2.05) is 26.8 Å². The number of hydrogen-bond acceptors (Lipinski definition) is 8. The molecule has 0 spiro atoms. The first-order chi connectivity index (χ1) is 19.4. The summed E-state index contributed by atoms with van der Waals surface area (Å²) in [5, 5.41) is 3.65. The molecule has 0 saturated carbocycles. The Kier molecular flexibility index (Phi) is 6.40. The summed E-state index contributed by atoms with van der Waals surface area (Å²) in [6.07, 6.45) is 2.77. The molecule has 0 radical (unpaired) electrons. The van der Waals surface area contributed by atoms with E-state index in [0.717, 1.165) is 5.06 Å². The average molecular weight is 541 g/mol. The van der Waals surface area contributed by atoms with Gasteiger partial charge in [-0.1, -0.05) is 51.1 Å². The number of aromatic nitrogens is 4. The zero-order valence-corrected chi connectivity index (χ0v) is 22.3. The van der Waals surface area contributed by atoms with E-state index >= 15 is 0 Å². The quantitative estimate of drug-likeness (QED) is 0.342. The molecule has 1 unspecified atom stereocenters. The van der Waals surface area contributed by atoms with Crippen LogP contribution in [0.5, 0.6) is 0 Å². The Bertz CT molecular complexity index is 1580. The number of carbonyl (C=O) groups is 3. The highest BCUT2D eigenvalue weighted by Gasteiger charge is 2.55. The smallest absolute Gasteiger partial charge is 0.285 e. The van der Waals surface area contributed by atoms with Crippen LogP contribution in [0.4, 0.5) is 5.82 Å². The third kappa shape index (κ3) is 3.97. The summed E-state index contributed by atoms with van der Waals surface area (Å²) < 4.78 is 8.38. The zero-order chi connectivity index (χ0) is 28.0. The van der Waals surface area contributed by atoms with Gasteiger partial charge >= 0.3 is 0 Å². The SMILES string of the molecule is CCC1(CC)O[C@@H](n2cnc3c(NC(=O)c4ccccc4)ncnc32)C(ON2C(=O)c3ccccc3C2=O)[C@H]1C. The molecule has 2 aromatic carbocycles. The van der Waals surface area contributed by atoms with Crippen LogP contribution in [-0.2, 0) is 9.57 Å². The van der Waals surface area contributed by atoms with E-state index < -0.39 is 29.7 Å². The van der Waals surface area contributed by atoms with Gasteiger partial charge in [0, 0.05) is 11.5 Å². The van der Waals surface area contributed by atoms with Gasteiger partial charge in [-0.05, 0) is 37.1 Å². The van der Waals surface area contributed by atoms with E-state index in [4.69, 9.17) is 9.57 Å². The number of fused-ring (bicyclic) bond motifs is 2. The van der Waals surface area contributed by atoms with E-state index in [1.165, 1.54) is 6.33 Å². The standard InChI is InChI=1S/C29H28N6O5/c1-4-29(5-2)17(3)22(40-35-26(37)19-13-9-10-14-20(19)27(35)38)28(39-29)34-16-32-21-23(30-15-31-24(21)34)33-25(36)18-11-7-6-8-12-18/h6-17,22,28H,4-5H2,1-3H3,(H,30,31,33,36)/t17-,22?,28-/m1/s1. The Morgan fingerprint density at radius 3 is 2.27 bits per heavy atom. The number of carbonyl (C=O) groups excluding carboxylic acids is 3. The molecule has 6 rings (SSSR count). The predicted molar refractivity (Wildman–Crippen MR) is 144 cm³/mol. The van der Waals surface area contributed by atoms with Crippen molar-refractivity contribution in [2.45, 2.75) is 51.5 Å². The van der Waals surface area contributed by atoms with Gasteiger partial charge in [0.2, 0.25) is 0 Å². The van der Waals surface area contributed by atoms with Crippen LogP contribution >= 0.6 is 0 Å². The number of imidazole rings is 1. The van der Waals surface area contributed by atoms with E-state index in [2.05, 4.69) is 20.3 Å². The minimum atomic E-state index is -0.767. The van der Waals surface area contributed by atoms with Crippen molar-refractivity contribution in [2.24, 2.45) is 5.92 Å². The van der Waals surface area contributed by atoms with Crippen molar-refractivity contribution >= 4 is 34.7 Å². The molecule has 2 aromatic heterocycles. The molecule has 2 aliphatic rings. The van der Waals surface area contributed by atoms with Crippen molar-refractivity contribution in [2.75, 3.05) is 5.32 Å². The fraction of sp³-hybridized carbons (Fsp3) is 0.310. The Hall–Kier alpha value is -4.48. The highest BCUT2D eigenvalue weighted by atomic mass is 16.7. The van der Waals surface area contributed by atoms with Gasteiger partial charge in [0.05, 0.1) is 23.1 Å². The Balaban J connectivity index is 1.36. The topological polar surface area (TPSA) is 129 Å². The number of imide groups is 1. The van der Waals surface area contributed by atoms with Gasteiger partial charge in [0.15, 0.2) is 23.2 Å². The first kappa shape index (κ1) is 25.8. The fourth-order valence-electron chi connectivity index (χ4n) is 5.66. The molecule has 4 aromatic rings. The molecular formula is C29H28N6O5. The minimum Gasteiger partial charge on any atom is -0.348 e. The molecule has 0 bridgehead atoms. The zero-order valence-electron chi connectivity index (χ0n) is 22.3. The van der Waals surface area contributed by atoms with Gasteiger partial charge in [-0.2, -0.15) is 0 Å². The van der Waals surface area contributed by atoms with Crippen LogP contribution in [0.25, 0.3) is 11.2 Å². The van der Waals surface area contributed by atoms with Crippen molar-refractivity contribution in [3.05, 3.63) is 83.9 Å². The molecule has 11 heteroatoms. The molecule has 11 nitrogen and oxygen atoms in total. The predicted octanol–water partition coefficient (Wildman–Crippen LogP) is 4.40. The second kappa shape index (κ2) is 9.92. The molecule has 0 aliphatic carbocycles. The van der Waals surface area contributed by atoms with Crippen LogP contribution in [0, 0.1) is 5.92 Å².